The Morgan fingerprint density at radius 2 is 2.29 bits per heavy atom. The molecule has 1 aromatic heterocycles. The van der Waals surface area contributed by atoms with Gasteiger partial charge in [-0.15, -0.1) is 0 Å². The SMILES string of the molecule is CCOC(=O)[C@H](CO)NC(=O)c1ccccn1. The highest BCUT2D eigenvalue weighted by molar-refractivity contribution is 5.95. The van der Waals surface area contributed by atoms with Crippen molar-refractivity contribution in [1.29, 1.82) is 0 Å². The summed E-state index contributed by atoms with van der Waals surface area (Å²) in [5, 5.41) is 11.3. The van der Waals surface area contributed by atoms with E-state index in [0.29, 0.717) is 0 Å². The molecule has 0 spiro atoms. The van der Waals surface area contributed by atoms with E-state index in [2.05, 4.69) is 10.3 Å². The molecule has 1 atom stereocenters. The van der Waals surface area contributed by atoms with E-state index in [4.69, 9.17) is 9.84 Å². The highest BCUT2D eigenvalue weighted by atomic mass is 16.5. The summed E-state index contributed by atoms with van der Waals surface area (Å²) in [6.07, 6.45) is 1.47. The van der Waals surface area contributed by atoms with Crippen molar-refractivity contribution in [1.82, 2.24) is 10.3 Å². The first-order chi connectivity index (χ1) is 8.19. The van der Waals surface area contributed by atoms with Gasteiger partial charge in [0, 0.05) is 6.20 Å². The number of carbonyl (C=O) groups is 2. The van der Waals surface area contributed by atoms with Crippen LogP contribution in [0.15, 0.2) is 24.4 Å². The molecule has 92 valence electrons. The van der Waals surface area contributed by atoms with E-state index in [1.807, 2.05) is 0 Å². The summed E-state index contributed by atoms with van der Waals surface area (Å²) < 4.78 is 4.70. The van der Waals surface area contributed by atoms with E-state index < -0.39 is 24.5 Å². The average molecular weight is 238 g/mol. The van der Waals surface area contributed by atoms with Crippen molar-refractivity contribution in [3.63, 3.8) is 0 Å². The van der Waals surface area contributed by atoms with Crippen LogP contribution in [0.2, 0.25) is 0 Å². The topological polar surface area (TPSA) is 88.5 Å². The molecule has 0 aliphatic rings. The summed E-state index contributed by atoms with van der Waals surface area (Å²) in [5.74, 6) is -1.20. The van der Waals surface area contributed by atoms with Crippen molar-refractivity contribution in [3.8, 4) is 0 Å². The molecule has 0 aliphatic carbocycles. The third-order valence-corrected chi connectivity index (χ3v) is 1.96. The number of esters is 1. The molecule has 1 amide bonds. The molecule has 0 aromatic carbocycles. The molecule has 0 saturated carbocycles. The average Bonchev–Trinajstić information content (AvgIpc) is 2.37. The second-order valence-electron chi connectivity index (χ2n) is 3.18. The van der Waals surface area contributed by atoms with Crippen LogP contribution in [0.3, 0.4) is 0 Å². The number of ether oxygens (including phenoxy) is 1. The normalized spacial score (nSPS) is 11.6. The molecule has 6 nitrogen and oxygen atoms in total. The van der Waals surface area contributed by atoms with Gasteiger partial charge in [-0.25, -0.2) is 4.79 Å². The van der Waals surface area contributed by atoms with Crippen LogP contribution in [-0.4, -0.2) is 41.2 Å². The number of nitrogens with one attached hydrogen (secondary N) is 1. The minimum atomic E-state index is -1.07. The Morgan fingerprint density at radius 3 is 2.82 bits per heavy atom. The maximum absolute atomic E-state index is 11.6. The summed E-state index contributed by atoms with van der Waals surface area (Å²) in [5.41, 5.74) is 0.176. The van der Waals surface area contributed by atoms with E-state index >= 15 is 0 Å². The van der Waals surface area contributed by atoms with Crippen LogP contribution in [0.4, 0.5) is 0 Å². The van der Waals surface area contributed by atoms with Crippen LogP contribution in [0.5, 0.6) is 0 Å². The second kappa shape index (κ2) is 6.59. The van der Waals surface area contributed by atoms with Gasteiger partial charge in [-0.05, 0) is 19.1 Å². The standard InChI is InChI=1S/C11H14N2O4/c1-2-17-11(16)9(7-14)13-10(15)8-5-3-4-6-12-8/h3-6,9,14H,2,7H2,1H3,(H,13,15)/t9-/m0/s1. The zero-order valence-electron chi connectivity index (χ0n) is 9.42. The molecule has 0 unspecified atom stereocenters. The maximum atomic E-state index is 11.6. The molecule has 0 saturated heterocycles. The van der Waals surface area contributed by atoms with Crippen LogP contribution in [-0.2, 0) is 9.53 Å². The largest absolute Gasteiger partial charge is 0.464 e. The fraction of sp³-hybridized carbons (Fsp3) is 0.364. The van der Waals surface area contributed by atoms with Crippen molar-refractivity contribution < 1.29 is 19.4 Å². The van der Waals surface area contributed by atoms with Gasteiger partial charge < -0.3 is 15.2 Å². The molecular weight excluding hydrogens is 224 g/mol. The third-order valence-electron chi connectivity index (χ3n) is 1.96. The molecule has 2 N–H and O–H groups in total. The number of hydrogen-bond donors (Lipinski definition) is 2. The Balaban J connectivity index is 2.63. The lowest BCUT2D eigenvalue weighted by molar-refractivity contribution is -0.146. The lowest BCUT2D eigenvalue weighted by atomic mass is 10.2. The zero-order chi connectivity index (χ0) is 12.7. The monoisotopic (exact) mass is 238 g/mol. The fourth-order valence-electron chi connectivity index (χ4n) is 1.15. The van der Waals surface area contributed by atoms with Crippen LogP contribution in [0.1, 0.15) is 17.4 Å². The minimum Gasteiger partial charge on any atom is -0.464 e. The van der Waals surface area contributed by atoms with Crippen molar-refractivity contribution in [2.45, 2.75) is 13.0 Å². The van der Waals surface area contributed by atoms with Crippen LogP contribution < -0.4 is 5.32 Å². The third kappa shape index (κ3) is 3.84. The van der Waals surface area contributed by atoms with Crippen molar-refractivity contribution >= 4 is 11.9 Å². The number of carbonyl (C=O) groups excluding carboxylic acids is 2. The first-order valence-electron chi connectivity index (χ1n) is 5.18. The Hall–Kier alpha value is -1.95. The first-order valence-corrected chi connectivity index (χ1v) is 5.18. The molecule has 0 aliphatic heterocycles. The van der Waals surface area contributed by atoms with Gasteiger partial charge >= 0.3 is 5.97 Å². The quantitative estimate of drug-likeness (QED) is 0.690. The van der Waals surface area contributed by atoms with Gasteiger partial charge in [0.25, 0.3) is 5.91 Å². The lowest BCUT2D eigenvalue weighted by Gasteiger charge is -2.14. The molecule has 0 fully saturated rings. The summed E-state index contributed by atoms with van der Waals surface area (Å²) in [6, 6.07) is 3.77. The highest BCUT2D eigenvalue weighted by Gasteiger charge is 2.21. The number of nitrogens with zero attached hydrogens (tertiary/aromatic N) is 1. The minimum absolute atomic E-state index is 0.176. The van der Waals surface area contributed by atoms with Gasteiger partial charge in [0.15, 0.2) is 6.04 Å². The van der Waals surface area contributed by atoms with E-state index in [1.54, 1.807) is 19.1 Å². The lowest BCUT2D eigenvalue weighted by Crippen LogP contribution is -2.44. The van der Waals surface area contributed by atoms with Crippen molar-refractivity contribution in [3.05, 3.63) is 30.1 Å². The smallest absolute Gasteiger partial charge is 0.331 e. The number of rotatable bonds is 5. The number of aliphatic hydroxyl groups is 1. The van der Waals surface area contributed by atoms with Crippen LogP contribution >= 0.6 is 0 Å². The molecule has 1 heterocycles. The molecule has 1 aromatic rings. The molecule has 17 heavy (non-hydrogen) atoms. The first kappa shape index (κ1) is 13.1. The number of pyridine rings is 1. The Morgan fingerprint density at radius 1 is 1.53 bits per heavy atom. The fourth-order valence-corrected chi connectivity index (χ4v) is 1.15. The van der Waals surface area contributed by atoms with Gasteiger partial charge in [-0.1, -0.05) is 6.07 Å². The van der Waals surface area contributed by atoms with Gasteiger partial charge in [0.05, 0.1) is 13.2 Å². The van der Waals surface area contributed by atoms with Gasteiger partial charge in [0.2, 0.25) is 0 Å². The summed E-state index contributed by atoms with van der Waals surface area (Å²) in [4.78, 5) is 26.8. The Bertz CT molecular complexity index is 380. The van der Waals surface area contributed by atoms with E-state index in [0.717, 1.165) is 0 Å². The van der Waals surface area contributed by atoms with Crippen LogP contribution in [0, 0.1) is 0 Å². The molecule has 0 bridgehead atoms. The van der Waals surface area contributed by atoms with E-state index in [9.17, 15) is 9.59 Å². The Labute approximate surface area is 98.6 Å². The number of aromatic nitrogens is 1. The predicted octanol–water partition coefficient (Wildman–Crippen LogP) is -0.265. The zero-order valence-corrected chi connectivity index (χ0v) is 9.42. The number of hydrogen-bond acceptors (Lipinski definition) is 5. The van der Waals surface area contributed by atoms with Crippen LogP contribution in [0.25, 0.3) is 0 Å². The number of amides is 1. The summed E-state index contributed by atoms with van der Waals surface area (Å²) in [6.45, 7) is 1.32. The summed E-state index contributed by atoms with van der Waals surface area (Å²) >= 11 is 0. The maximum Gasteiger partial charge on any atom is 0.331 e. The Kier molecular flexibility index (Phi) is 5.09. The summed E-state index contributed by atoms with van der Waals surface area (Å²) in [7, 11) is 0. The second-order valence-corrected chi connectivity index (χ2v) is 3.18. The van der Waals surface area contributed by atoms with Crippen molar-refractivity contribution in [2.75, 3.05) is 13.2 Å². The van der Waals surface area contributed by atoms with E-state index in [-0.39, 0.29) is 12.3 Å². The number of aliphatic hydroxyl groups excluding tert-OH is 1. The van der Waals surface area contributed by atoms with Gasteiger partial charge in [0.1, 0.15) is 5.69 Å². The molecular formula is C11H14N2O4. The molecule has 0 radical (unpaired) electrons. The van der Waals surface area contributed by atoms with Crippen molar-refractivity contribution in [2.24, 2.45) is 0 Å². The predicted molar refractivity (Wildman–Crippen MR) is 59.2 cm³/mol. The molecule has 1 rings (SSSR count). The molecule has 6 heteroatoms. The van der Waals surface area contributed by atoms with Gasteiger partial charge in [-0.2, -0.15) is 0 Å². The van der Waals surface area contributed by atoms with E-state index in [1.165, 1.54) is 12.3 Å². The highest BCUT2D eigenvalue weighted by Crippen LogP contribution is 1.96. The van der Waals surface area contributed by atoms with Gasteiger partial charge in [-0.3, -0.25) is 9.78 Å².